The smallest absolute Gasteiger partial charge is 0.393 e. The van der Waals surface area contributed by atoms with Gasteiger partial charge in [-0.25, -0.2) is 0 Å². The normalized spacial score (nSPS) is 27.5. The van der Waals surface area contributed by atoms with Crippen molar-refractivity contribution in [2.24, 2.45) is 0 Å². The van der Waals surface area contributed by atoms with Crippen LogP contribution < -0.4 is 0 Å². The first-order valence-electron chi connectivity index (χ1n) is 12.9. The third kappa shape index (κ3) is 10.3. The van der Waals surface area contributed by atoms with Gasteiger partial charge < -0.3 is 25.1 Å². The number of hydrogen-bond donors (Lipinski definition) is 3. The van der Waals surface area contributed by atoms with Gasteiger partial charge in [0.1, 0.15) is 0 Å². The van der Waals surface area contributed by atoms with Gasteiger partial charge in [0.15, 0.2) is 5.60 Å². The highest BCUT2D eigenvalue weighted by atomic mass is 19.4. The Morgan fingerprint density at radius 3 is 1.38 bits per heavy atom. The topological polar surface area (TPSA) is 70.4 Å². The largest absolute Gasteiger partial charge is 0.417 e. The molecule has 34 heavy (non-hydrogen) atoms. The Balaban J connectivity index is 0.000000261. The number of aliphatic hydroxyl groups excluding tert-OH is 1. The van der Waals surface area contributed by atoms with Gasteiger partial charge in [0.2, 0.25) is 0 Å². The van der Waals surface area contributed by atoms with E-state index >= 15 is 0 Å². The van der Waals surface area contributed by atoms with Crippen molar-refractivity contribution in [3.05, 3.63) is 0 Å². The minimum atomic E-state index is -4.49. The first-order valence-corrected chi connectivity index (χ1v) is 12.9. The van der Waals surface area contributed by atoms with E-state index in [1.165, 1.54) is 0 Å². The summed E-state index contributed by atoms with van der Waals surface area (Å²) in [5.74, 6) is 0. The maximum Gasteiger partial charge on any atom is 0.417 e. The number of rotatable bonds is 3. The van der Waals surface area contributed by atoms with Crippen molar-refractivity contribution >= 4 is 0 Å². The van der Waals surface area contributed by atoms with Gasteiger partial charge in [0.25, 0.3) is 0 Å². The third-order valence-corrected chi connectivity index (χ3v) is 7.32. The summed E-state index contributed by atoms with van der Waals surface area (Å²) in [5.41, 5.74) is -2.89. The predicted octanol–water partition coefficient (Wildman–Crippen LogP) is 3.49. The third-order valence-electron chi connectivity index (χ3n) is 7.32. The van der Waals surface area contributed by atoms with Crippen LogP contribution in [0.5, 0.6) is 0 Å². The second kappa shape index (κ2) is 13.2. The molecule has 1 atom stereocenters. The molecule has 1 unspecified atom stereocenters. The molecule has 6 nitrogen and oxygen atoms in total. The number of likely N-dealkylation sites (tertiary alicyclic amines) is 3. The zero-order chi connectivity index (χ0) is 26.3. The molecule has 0 saturated carbocycles. The van der Waals surface area contributed by atoms with Gasteiger partial charge in [0, 0.05) is 57.4 Å². The van der Waals surface area contributed by atoms with Gasteiger partial charge in [-0.2, -0.15) is 13.2 Å². The Morgan fingerprint density at radius 1 is 0.706 bits per heavy atom. The fraction of sp³-hybridized carbons (Fsp3) is 1.00. The van der Waals surface area contributed by atoms with Crippen LogP contribution in [0, 0.1) is 0 Å². The lowest BCUT2D eigenvalue weighted by Gasteiger charge is -2.40. The molecule has 3 saturated heterocycles. The van der Waals surface area contributed by atoms with Gasteiger partial charge in [-0.05, 0) is 80.6 Å². The minimum Gasteiger partial charge on any atom is -0.393 e. The number of β-amino-alcohol motifs (C(OH)–C–C–N with tert-alkyl or cyclic N) is 1. The number of hydrogen-bond acceptors (Lipinski definition) is 6. The molecule has 0 aromatic carbocycles. The van der Waals surface area contributed by atoms with Crippen molar-refractivity contribution < 1.29 is 28.5 Å². The second-order valence-corrected chi connectivity index (χ2v) is 11.3. The van der Waals surface area contributed by atoms with Gasteiger partial charge in [-0.15, -0.1) is 0 Å². The molecular formula is C25H50F3N3O3. The summed E-state index contributed by atoms with van der Waals surface area (Å²) in [5, 5.41) is 28.1. The number of halogens is 3. The van der Waals surface area contributed by atoms with Crippen molar-refractivity contribution in [1.29, 1.82) is 0 Å². The average molecular weight is 498 g/mol. The van der Waals surface area contributed by atoms with Gasteiger partial charge in [-0.1, -0.05) is 0 Å². The van der Waals surface area contributed by atoms with Crippen LogP contribution in [0.25, 0.3) is 0 Å². The molecule has 3 rings (SSSR count). The summed E-state index contributed by atoms with van der Waals surface area (Å²) in [6.07, 6.45) is -2.11. The highest BCUT2D eigenvalue weighted by Gasteiger charge is 2.54. The lowest BCUT2D eigenvalue weighted by Crippen LogP contribution is -2.54. The van der Waals surface area contributed by atoms with Crippen molar-refractivity contribution in [3.63, 3.8) is 0 Å². The lowest BCUT2D eigenvalue weighted by atomic mass is 9.90. The van der Waals surface area contributed by atoms with Crippen LogP contribution >= 0.6 is 0 Å². The first-order chi connectivity index (χ1) is 15.5. The van der Waals surface area contributed by atoms with Crippen molar-refractivity contribution in [2.45, 2.75) is 122 Å². The molecule has 3 N–H and O–H groups in total. The summed E-state index contributed by atoms with van der Waals surface area (Å²) in [6, 6.07) is 1.47. The molecule has 3 fully saturated rings. The van der Waals surface area contributed by atoms with E-state index in [2.05, 4.69) is 37.5 Å². The minimum absolute atomic E-state index is 0.0324. The number of nitrogens with zero attached hydrogens (tertiary/aromatic N) is 3. The van der Waals surface area contributed by atoms with Crippen molar-refractivity contribution in [1.82, 2.24) is 14.7 Å². The fourth-order valence-corrected chi connectivity index (χ4v) is 4.52. The van der Waals surface area contributed by atoms with E-state index in [9.17, 15) is 28.5 Å². The molecule has 0 bridgehead atoms. The Bertz CT molecular complexity index is 569. The fourth-order valence-electron chi connectivity index (χ4n) is 4.52. The van der Waals surface area contributed by atoms with Gasteiger partial charge in [-0.3, -0.25) is 4.90 Å². The van der Waals surface area contributed by atoms with Crippen LogP contribution in [0.15, 0.2) is 0 Å². The molecular weight excluding hydrogens is 447 g/mol. The van der Waals surface area contributed by atoms with E-state index in [0.717, 1.165) is 45.4 Å². The van der Waals surface area contributed by atoms with E-state index in [4.69, 9.17) is 0 Å². The van der Waals surface area contributed by atoms with Crippen LogP contribution in [-0.4, -0.2) is 111 Å². The molecule has 3 heterocycles. The van der Waals surface area contributed by atoms with Gasteiger partial charge >= 0.3 is 6.18 Å². The first kappa shape index (κ1) is 31.6. The van der Waals surface area contributed by atoms with Crippen LogP contribution in [-0.2, 0) is 0 Å². The van der Waals surface area contributed by atoms with E-state index in [-0.39, 0.29) is 25.0 Å². The monoisotopic (exact) mass is 497 g/mol. The number of alkyl halides is 3. The highest BCUT2D eigenvalue weighted by molar-refractivity contribution is 4.92. The second-order valence-electron chi connectivity index (χ2n) is 11.3. The maximum absolute atomic E-state index is 12.4. The maximum atomic E-state index is 12.4. The number of piperidine rings is 2. The Kier molecular flexibility index (Phi) is 12.3. The van der Waals surface area contributed by atoms with E-state index < -0.39 is 17.4 Å². The van der Waals surface area contributed by atoms with Crippen LogP contribution in [0.4, 0.5) is 13.2 Å². The van der Waals surface area contributed by atoms with E-state index in [1.54, 1.807) is 0 Å². The molecule has 0 radical (unpaired) electrons. The lowest BCUT2D eigenvalue weighted by molar-refractivity contribution is -0.273. The summed E-state index contributed by atoms with van der Waals surface area (Å²) in [7, 11) is 0. The molecule has 3 aliphatic heterocycles. The zero-order valence-electron chi connectivity index (χ0n) is 22.4. The Hall–Kier alpha value is -0.450. The summed E-state index contributed by atoms with van der Waals surface area (Å²) >= 11 is 0. The molecule has 0 aromatic heterocycles. The van der Waals surface area contributed by atoms with Crippen molar-refractivity contribution in [2.75, 3.05) is 39.3 Å². The molecule has 0 aromatic rings. The van der Waals surface area contributed by atoms with E-state index in [0.29, 0.717) is 25.2 Å². The quantitative estimate of drug-likeness (QED) is 0.555. The van der Waals surface area contributed by atoms with Gasteiger partial charge in [0.05, 0.1) is 11.7 Å². The Labute approximate surface area is 205 Å². The molecule has 9 heteroatoms. The molecule has 3 aliphatic rings. The van der Waals surface area contributed by atoms with Crippen LogP contribution in [0.2, 0.25) is 0 Å². The summed E-state index contributed by atoms with van der Waals surface area (Å²) in [4.78, 5) is 6.66. The number of aliphatic hydroxyl groups is 3. The SMILES string of the molecule is CC(C)N1CCC(C)(O)C1.CC(C)N1CCC(O)(C(F)(F)F)CC1.CC(C)N1CCC(O)CC1. The zero-order valence-corrected chi connectivity index (χ0v) is 22.4. The van der Waals surface area contributed by atoms with E-state index in [1.807, 2.05) is 25.7 Å². The molecule has 0 amide bonds. The summed E-state index contributed by atoms with van der Waals surface area (Å²) in [6.45, 7) is 19.2. The van der Waals surface area contributed by atoms with Crippen LogP contribution in [0.1, 0.15) is 80.6 Å². The Morgan fingerprint density at radius 2 is 1.09 bits per heavy atom. The average Bonchev–Trinajstić information content (AvgIpc) is 3.09. The highest BCUT2D eigenvalue weighted by Crippen LogP contribution is 2.38. The van der Waals surface area contributed by atoms with Crippen LogP contribution in [0.3, 0.4) is 0 Å². The molecule has 0 spiro atoms. The molecule has 204 valence electrons. The molecule has 0 aliphatic carbocycles. The predicted molar refractivity (Wildman–Crippen MR) is 131 cm³/mol. The van der Waals surface area contributed by atoms with Crippen molar-refractivity contribution in [3.8, 4) is 0 Å². The standard InChI is InChI=1S/C9H16F3NO.2C8H17NO/c1-7(2)13-5-3-8(14,4-6-13)9(10,11)12;1-7(2)9-5-4-8(3,10)6-9;1-7(2)9-5-3-8(10)4-6-9/h7,14H,3-6H2,1-2H3;7,10H,4-6H2,1-3H3;7-8,10H,3-6H2,1-2H3. The summed E-state index contributed by atoms with van der Waals surface area (Å²) < 4.78 is 37.2.